The summed E-state index contributed by atoms with van der Waals surface area (Å²) < 4.78 is 10.5. The molecule has 102 valence electrons. The van der Waals surface area contributed by atoms with Crippen molar-refractivity contribution in [2.45, 2.75) is 13.3 Å². The van der Waals surface area contributed by atoms with E-state index in [0.717, 1.165) is 36.7 Å². The van der Waals surface area contributed by atoms with Crippen LogP contribution in [0, 0.1) is 5.92 Å². The first-order chi connectivity index (χ1) is 8.62. The van der Waals surface area contributed by atoms with Crippen molar-refractivity contribution >= 4 is 5.69 Å². The molecule has 18 heavy (non-hydrogen) atoms. The highest BCUT2D eigenvalue weighted by Gasteiger charge is 2.08. The summed E-state index contributed by atoms with van der Waals surface area (Å²) in [7, 11) is 5.37. The second kappa shape index (κ2) is 7.11. The van der Waals surface area contributed by atoms with E-state index < -0.39 is 0 Å². The highest BCUT2D eigenvalue weighted by molar-refractivity contribution is 5.55. The van der Waals surface area contributed by atoms with Crippen LogP contribution in [0.25, 0.3) is 0 Å². The minimum Gasteiger partial charge on any atom is -0.493 e. The summed E-state index contributed by atoms with van der Waals surface area (Å²) in [5.74, 6) is 2.06. The molecule has 2 N–H and O–H groups in total. The van der Waals surface area contributed by atoms with E-state index in [-0.39, 0.29) is 0 Å². The van der Waals surface area contributed by atoms with Crippen molar-refractivity contribution in [1.82, 2.24) is 0 Å². The molecule has 0 aliphatic carbocycles. The van der Waals surface area contributed by atoms with E-state index >= 15 is 0 Å². The van der Waals surface area contributed by atoms with E-state index in [4.69, 9.17) is 15.2 Å². The number of methoxy groups -OCH3 is 2. The molecule has 1 unspecified atom stereocenters. The number of nitrogens with zero attached hydrogens (tertiary/aromatic N) is 1. The van der Waals surface area contributed by atoms with Crippen molar-refractivity contribution in [3.8, 4) is 11.5 Å². The molecule has 0 aromatic heterocycles. The highest BCUT2D eigenvalue weighted by atomic mass is 16.5. The number of ether oxygens (including phenoxy) is 2. The molecule has 0 amide bonds. The summed E-state index contributed by atoms with van der Waals surface area (Å²) in [5.41, 5.74) is 6.75. The van der Waals surface area contributed by atoms with Crippen molar-refractivity contribution in [3.63, 3.8) is 0 Å². The fourth-order valence-corrected chi connectivity index (χ4v) is 1.72. The molecule has 1 rings (SSSR count). The minimum absolute atomic E-state index is 0.549. The number of hydrogen-bond donors (Lipinski definition) is 1. The van der Waals surface area contributed by atoms with Gasteiger partial charge in [-0.05, 0) is 31.0 Å². The Hall–Kier alpha value is -1.42. The normalized spacial score (nSPS) is 12.1. The predicted molar refractivity (Wildman–Crippen MR) is 75.7 cm³/mol. The van der Waals surface area contributed by atoms with E-state index in [1.807, 2.05) is 18.2 Å². The van der Waals surface area contributed by atoms with Crippen LogP contribution < -0.4 is 20.1 Å². The van der Waals surface area contributed by atoms with Crippen LogP contribution in [0.2, 0.25) is 0 Å². The van der Waals surface area contributed by atoms with Gasteiger partial charge in [0.15, 0.2) is 11.5 Å². The lowest BCUT2D eigenvalue weighted by molar-refractivity contribution is 0.355. The standard InChI is InChI=1S/C14H24N2O2/c1-11(10-15)7-8-16(2)12-5-6-13(17-3)14(9-12)18-4/h5-6,9,11H,7-8,10,15H2,1-4H3. The molecule has 0 aliphatic heterocycles. The number of nitrogens with two attached hydrogens (primary N) is 1. The fraction of sp³-hybridized carbons (Fsp3) is 0.571. The monoisotopic (exact) mass is 252 g/mol. The number of benzene rings is 1. The van der Waals surface area contributed by atoms with E-state index in [2.05, 4.69) is 18.9 Å². The molecule has 0 bridgehead atoms. The molecule has 0 saturated carbocycles. The van der Waals surface area contributed by atoms with Gasteiger partial charge in [-0.3, -0.25) is 0 Å². The van der Waals surface area contributed by atoms with Gasteiger partial charge in [-0.25, -0.2) is 0 Å². The van der Waals surface area contributed by atoms with Gasteiger partial charge in [-0.15, -0.1) is 0 Å². The van der Waals surface area contributed by atoms with Crippen LogP contribution in [0.1, 0.15) is 13.3 Å². The lowest BCUT2D eigenvalue weighted by Crippen LogP contribution is -2.22. The highest BCUT2D eigenvalue weighted by Crippen LogP contribution is 2.31. The molecule has 4 heteroatoms. The average Bonchev–Trinajstić information content (AvgIpc) is 2.43. The van der Waals surface area contributed by atoms with Gasteiger partial charge in [0, 0.05) is 25.3 Å². The van der Waals surface area contributed by atoms with Crippen molar-refractivity contribution in [2.75, 3.05) is 39.3 Å². The molecule has 0 heterocycles. The molecule has 0 fully saturated rings. The third kappa shape index (κ3) is 3.81. The Morgan fingerprint density at radius 1 is 1.22 bits per heavy atom. The molecule has 0 spiro atoms. The summed E-state index contributed by atoms with van der Waals surface area (Å²) in [5, 5.41) is 0. The van der Waals surface area contributed by atoms with Crippen molar-refractivity contribution < 1.29 is 9.47 Å². The van der Waals surface area contributed by atoms with Crippen LogP contribution >= 0.6 is 0 Å². The van der Waals surface area contributed by atoms with Gasteiger partial charge >= 0.3 is 0 Å². The van der Waals surface area contributed by atoms with Crippen LogP contribution in [0.3, 0.4) is 0 Å². The smallest absolute Gasteiger partial charge is 0.162 e. The van der Waals surface area contributed by atoms with Gasteiger partial charge in [0.2, 0.25) is 0 Å². The molecule has 0 saturated heterocycles. The molecular formula is C14H24N2O2. The molecular weight excluding hydrogens is 228 g/mol. The van der Waals surface area contributed by atoms with Gasteiger partial charge < -0.3 is 20.1 Å². The topological polar surface area (TPSA) is 47.7 Å². The lowest BCUT2D eigenvalue weighted by atomic mass is 10.1. The molecule has 1 aromatic carbocycles. The first-order valence-corrected chi connectivity index (χ1v) is 6.25. The Labute approximate surface area is 110 Å². The Morgan fingerprint density at radius 2 is 1.89 bits per heavy atom. The van der Waals surface area contributed by atoms with Gasteiger partial charge in [-0.2, -0.15) is 0 Å². The Bertz CT molecular complexity index is 369. The summed E-state index contributed by atoms with van der Waals surface area (Å²) in [6.45, 7) is 3.88. The lowest BCUT2D eigenvalue weighted by Gasteiger charge is -2.22. The minimum atomic E-state index is 0.549. The zero-order chi connectivity index (χ0) is 13.5. The third-order valence-electron chi connectivity index (χ3n) is 3.17. The van der Waals surface area contributed by atoms with Crippen LogP contribution in [0.15, 0.2) is 18.2 Å². The summed E-state index contributed by atoms with van der Waals surface area (Å²) in [6, 6.07) is 5.96. The molecule has 1 atom stereocenters. The summed E-state index contributed by atoms with van der Waals surface area (Å²) in [4.78, 5) is 2.20. The Kier molecular flexibility index (Phi) is 5.78. The average molecular weight is 252 g/mol. The number of hydrogen-bond acceptors (Lipinski definition) is 4. The summed E-state index contributed by atoms with van der Waals surface area (Å²) >= 11 is 0. The van der Waals surface area contributed by atoms with Gasteiger partial charge in [-0.1, -0.05) is 6.92 Å². The van der Waals surface area contributed by atoms with Crippen LogP contribution in [-0.4, -0.2) is 34.4 Å². The molecule has 4 nitrogen and oxygen atoms in total. The largest absolute Gasteiger partial charge is 0.493 e. The summed E-state index contributed by atoms with van der Waals surface area (Å²) in [6.07, 6.45) is 1.08. The first-order valence-electron chi connectivity index (χ1n) is 6.25. The van der Waals surface area contributed by atoms with E-state index in [1.165, 1.54) is 0 Å². The van der Waals surface area contributed by atoms with Gasteiger partial charge in [0.25, 0.3) is 0 Å². The first kappa shape index (κ1) is 14.6. The third-order valence-corrected chi connectivity index (χ3v) is 3.17. The Morgan fingerprint density at radius 3 is 2.44 bits per heavy atom. The fourth-order valence-electron chi connectivity index (χ4n) is 1.72. The van der Waals surface area contributed by atoms with E-state index in [1.54, 1.807) is 14.2 Å². The maximum Gasteiger partial charge on any atom is 0.162 e. The van der Waals surface area contributed by atoms with Crippen molar-refractivity contribution in [3.05, 3.63) is 18.2 Å². The maximum atomic E-state index is 5.63. The van der Waals surface area contributed by atoms with Gasteiger partial charge in [0.1, 0.15) is 0 Å². The van der Waals surface area contributed by atoms with Crippen LogP contribution in [0.5, 0.6) is 11.5 Å². The zero-order valence-corrected chi connectivity index (χ0v) is 11.8. The second-order valence-corrected chi connectivity index (χ2v) is 4.59. The van der Waals surface area contributed by atoms with Crippen LogP contribution in [-0.2, 0) is 0 Å². The number of anilines is 1. The predicted octanol–water partition coefficient (Wildman–Crippen LogP) is 2.12. The molecule has 0 aliphatic rings. The molecule has 0 radical (unpaired) electrons. The van der Waals surface area contributed by atoms with Gasteiger partial charge in [0.05, 0.1) is 14.2 Å². The SMILES string of the molecule is COc1ccc(N(C)CCC(C)CN)cc1OC. The Balaban J connectivity index is 2.70. The second-order valence-electron chi connectivity index (χ2n) is 4.59. The van der Waals surface area contributed by atoms with E-state index in [0.29, 0.717) is 5.92 Å². The quantitative estimate of drug-likeness (QED) is 0.807. The number of rotatable bonds is 7. The maximum absolute atomic E-state index is 5.63. The molecule has 1 aromatic rings. The van der Waals surface area contributed by atoms with Crippen molar-refractivity contribution in [2.24, 2.45) is 11.7 Å². The zero-order valence-electron chi connectivity index (χ0n) is 11.8. The van der Waals surface area contributed by atoms with Crippen LogP contribution in [0.4, 0.5) is 5.69 Å². The van der Waals surface area contributed by atoms with E-state index in [9.17, 15) is 0 Å². The van der Waals surface area contributed by atoms with Crippen molar-refractivity contribution in [1.29, 1.82) is 0 Å².